The Morgan fingerprint density at radius 2 is 1.75 bits per heavy atom. The second-order valence-corrected chi connectivity index (χ2v) is 8.27. The lowest BCUT2D eigenvalue weighted by Gasteiger charge is -2.24. The average molecular weight is 445 g/mol. The SMILES string of the molecule is CCC(CC)C(=O)OC[C@H]1[C@@H](Cc2ccc(OC)c(OC)c2)CO[C@@H]1c1ccc(F)cc1. The normalized spacial score (nSPS) is 20.4. The number of ether oxygens (including phenoxy) is 4. The van der Waals surface area contributed by atoms with Gasteiger partial charge in [0, 0.05) is 5.92 Å². The molecule has 174 valence electrons. The van der Waals surface area contributed by atoms with Crippen LogP contribution >= 0.6 is 0 Å². The van der Waals surface area contributed by atoms with Gasteiger partial charge in [0.2, 0.25) is 0 Å². The second-order valence-electron chi connectivity index (χ2n) is 8.27. The Kier molecular flexibility index (Phi) is 8.51. The fourth-order valence-corrected chi connectivity index (χ4v) is 4.38. The van der Waals surface area contributed by atoms with Crippen molar-refractivity contribution in [2.24, 2.45) is 17.8 Å². The van der Waals surface area contributed by atoms with E-state index in [1.165, 1.54) is 12.1 Å². The van der Waals surface area contributed by atoms with E-state index in [0.29, 0.717) is 18.1 Å². The highest BCUT2D eigenvalue weighted by molar-refractivity contribution is 5.72. The standard InChI is InChI=1S/C26H33FO5/c1-5-18(6-2)26(28)32-16-22-20(13-17-7-12-23(29-3)24(14-17)30-4)15-31-25(22)19-8-10-21(27)11-9-19/h7-12,14,18,20,22,25H,5-6,13,15-16H2,1-4H3/t20-,22-,25+/m0/s1. The topological polar surface area (TPSA) is 54.0 Å². The first-order valence-electron chi connectivity index (χ1n) is 11.2. The van der Waals surface area contributed by atoms with Gasteiger partial charge in [0.25, 0.3) is 0 Å². The minimum absolute atomic E-state index is 0.0353. The summed E-state index contributed by atoms with van der Waals surface area (Å²) in [6, 6.07) is 12.2. The predicted octanol–water partition coefficient (Wildman–Crippen LogP) is 5.37. The fourth-order valence-electron chi connectivity index (χ4n) is 4.38. The van der Waals surface area contributed by atoms with E-state index in [-0.39, 0.29) is 42.3 Å². The minimum Gasteiger partial charge on any atom is -0.493 e. The largest absolute Gasteiger partial charge is 0.493 e. The number of carbonyl (C=O) groups excluding carboxylic acids is 1. The van der Waals surface area contributed by atoms with Crippen LogP contribution in [0.5, 0.6) is 11.5 Å². The Hall–Kier alpha value is -2.60. The zero-order chi connectivity index (χ0) is 23.1. The first-order chi connectivity index (χ1) is 15.5. The Labute approximate surface area is 189 Å². The van der Waals surface area contributed by atoms with Crippen molar-refractivity contribution in [2.45, 2.75) is 39.2 Å². The number of hydrogen-bond acceptors (Lipinski definition) is 5. The quantitative estimate of drug-likeness (QED) is 0.461. The Bertz CT molecular complexity index is 878. The van der Waals surface area contributed by atoms with Crippen molar-refractivity contribution in [3.8, 4) is 11.5 Å². The van der Waals surface area contributed by atoms with Gasteiger partial charge >= 0.3 is 5.97 Å². The number of halogens is 1. The number of carbonyl (C=O) groups is 1. The lowest BCUT2D eigenvalue weighted by atomic mass is 9.84. The maximum atomic E-state index is 13.5. The number of esters is 1. The van der Waals surface area contributed by atoms with Crippen molar-refractivity contribution in [2.75, 3.05) is 27.4 Å². The molecule has 0 amide bonds. The van der Waals surface area contributed by atoms with Gasteiger partial charge in [-0.3, -0.25) is 4.79 Å². The van der Waals surface area contributed by atoms with Gasteiger partial charge in [-0.25, -0.2) is 4.39 Å². The minimum atomic E-state index is -0.287. The molecule has 0 N–H and O–H groups in total. The van der Waals surface area contributed by atoms with Crippen molar-refractivity contribution in [1.29, 1.82) is 0 Å². The van der Waals surface area contributed by atoms with Gasteiger partial charge in [-0.15, -0.1) is 0 Å². The van der Waals surface area contributed by atoms with Crippen LogP contribution in [0, 0.1) is 23.6 Å². The van der Waals surface area contributed by atoms with Crippen molar-refractivity contribution in [3.63, 3.8) is 0 Å². The highest BCUT2D eigenvalue weighted by Gasteiger charge is 2.39. The molecule has 0 aromatic heterocycles. The molecule has 6 heteroatoms. The molecule has 3 rings (SSSR count). The summed E-state index contributed by atoms with van der Waals surface area (Å²) in [7, 11) is 3.23. The Balaban J connectivity index is 1.80. The molecule has 0 saturated carbocycles. The molecule has 1 fully saturated rings. The molecule has 5 nitrogen and oxygen atoms in total. The highest BCUT2D eigenvalue weighted by atomic mass is 19.1. The van der Waals surface area contributed by atoms with Crippen LogP contribution in [0.2, 0.25) is 0 Å². The second kappa shape index (κ2) is 11.3. The summed E-state index contributed by atoms with van der Waals surface area (Å²) in [6.45, 7) is 4.80. The molecule has 3 atom stereocenters. The summed E-state index contributed by atoms with van der Waals surface area (Å²) in [5, 5.41) is 0. The first kappa shape index (κ1) is 24.1. The molecule has 1 saturated heterocycles. The van der Waals surface area contributed by atoms with Crippen LogP contribution in [-0.2, 0) is 20.7 Å². The van der Waals surface area contributed by atoms with Crippen LogP contribution in [0.25, 0.3) is 0 Å². The third kappa shape index (κ3) is 5.60. The van der Waals surface area contributed by atoms with Crippen LogP contribution in [-0.4, -0.2) is 33.4 Å². The molecule has 2 aromatic carbocycles. The predicted molar refractivity (Wildman–Crippen MR) is 120 cm³/mol. The lowest BCUT2D eigenvalue weighted by Crippen LogP contribution is -2.26. The van der Waals surface area contributed by atoms with Crippen LogP contribution in [0.1, 0.15) is 43.9 Å². The molecule has 0 radical (unpaired) electrons. The summed E-state index contributed by atoms with van der Waals surface area (Å²) < 4.78 is 36.1. The summed E-state index contributed by atoms with van der Waals surface area (Å²) in [5.74, 6) is 0.917. The number of hydrogen-bond donors (Lipinski definition) is 0. The molecule has 0 spiro atoms. The van der Waals surface area contributed by atoms with E-state index in [0.717, 1.165) is 30.4 Å². The van der Waals surface area contributed by atoms with E-state index in [1.807, 2.05) is 32.0 Å². The molecule has 1 aliphatic heterocycles. The average Bonchev–Trinajstić information content (AvgIpc) is 3.21. The summed E-state index contributed by atoms with van der Waals surface area (Å²) in [5.41, 5.74) is 1.98. The summed E-state index contributed by atoms with van der Waals surface area (Å²) >= 11 is 0. The van der Waals surface area contributed by atoms with Crippen LogP contribution in [0.3, 0.4) is 0 Å². The number of benzene rings is 2. The van der Waals surface area contributed by atoms with Crippen LogP contribution in [0.4, 0.5) is 4.39 Å². The third-order valence-corrected chi connectivity index (χ3v) is 6.37. The van der Waals surface area contributed by atoms with E-state index < -0.39 is 0 Å². The zero-order valence-electron chi connectivity index (χ0n) is 19.3. The van der Waals surface area contributed by atoms with E-state index in [2.05, 4.69) is 0 Å². The van der Waals surface area contributed by atoms with Gasteiger partial charge in [-0.1, -0.05) is 32.0 Å². The van der Waals surface area contributed by atoms with E-state index in [4.69, 9.17) is 18.9 Å². The molecule has 32 heavy (non-hydrogen) atoms. The molecule has 0 unspecified atom stereocenters. The molecular formula is C26H33FO5. The number of methoxy groups -OCH3 is 2. The van der Waals surface area contributed by atoms with Crippen molar-refractivity contribution in [3.05, 3.63) is 59.4 Å². The van der Waals surface area contributed by atoms with Gasteiger partial charge in [0.15, 0.2) is 11.5 Å². The van der Waals surface area contributed by atoms with E-state index >= 15 is 0 Å². The Morgan fingerprint density at radius 3 is 2.38 bits per heavy atom. The first-order valence-corrected chi connectivity index (χ1v) is 11.2. The summed E-state index contributed by atoms with van der Waals surface area (Å²) in [4.78, 5) is 12.5. The molecule has 1 aliphatic rings. The van der Waals surface area contributed by atoms with Crippen LogP contribution < -0.4 is 9.47 Å². The molecule has 0 aliphatic carbocycles. The molecule has 1 heterocycles. The van der Waals surface area contributed by atoms with Crippen molar-refractivity contribution in [1.82, 2.24) is 0 Å². The fraction of sp³-hybridized carbons (Fsp3) is 0.500. The highest BCUT2D eigenvalue weighted by Crippen LogP contribution is 2.41. The van der Waals surface area contributed by atoms with Crippen LogP contribution in [0.15, 0.2) is 42.5 Å². The van der Waals surface area contributed by atoms with Gasteiger partial charge in [0.05, 0.1) is 39.5 Å². The van der Waals surface area contributed by atoms with Crippen molar-refractivity contribution < 1.29 is 28.1 Å². The molecule has 2 aromatic rings. The monoisotopic (exact) mass is 444 g/mol. The van der Waals surface area contributed by atoms with Gasteiger partial charge in [-0.05, 0) is 60.6 Å². The molecule has 0 bridgehead atoms. The lowest BCUT2D eigenvalue weighted by molar-refractivity contribution is -0.151. The number of rotatable bonds is 10. The van der Waals surface area contributed by atoms with Gasteiger partial charge in [0.1, 0.15) is 5.82 Å². The maximum Gasteiger partial charge on any atom is 0.308 e. The third-order valence-electron chi connectivity index (χ3n) is 6.37. The zero-order valence-corrected chi connectivity index (χ0v) is 19.3. The van der Waals surface area contributed by atoms with E-state index in [9.17, 15) is 9.18 Å². The van der Waals surface area contributed by atoms with Crippen molar-refractivity contribution >= 4 is 5.97 Å². The van der Waals surface area contributed by atoms with Gasteiger partial charge in [-0.2, -0.15) is 0 Å². The Morgan fingerprint density at radius 1 is 1.06 bits per heavy atom. The van der Waals surface area contributed by atoms with E-state index in [1.54, 1.807) is 26.4 Å². The molecular weight excluding hydrogens is 411 g/mol. The van der Waals surface area contributed by atoms with Gasteiger partial charge < -0.3 is 18.9 Å². The summed E-state index contributed by atoms with van der Waals surface area (Å²) in [6.07, 6.45) is 2.00. The smallest absolute Gasteiger partial charge is 0.308 e. The maximum absolute atomic E-state index is 13.5.